The maximum absolute atomic E-state index is 11.0. The third-order valence-corrected chi connectivity index (χ3v) is 4.61. The number of hydrogen-bond donors (Lipinski definition) is 2. The van der Waals surface area contributed by atoms with E-state index < -0.39 is 5.97 Å². The Morgan fingerprint density at radius 3 is 2.90 bits per heavy atom. The zero-order chi connectivity index (χ0) is 14.5. The van der Waals surface area contributed by atoms with Gasteiger partial charge in [0.05, 0.1) is 10.4 Å². The van der Waals surface area contributed by atoms with Crippen LogP contribution in [0.25, 0.3) is 0 Å². The second-order valence-electron chi connectivity index (χ2n) is 6.26. The van der Waals surface area contributed by atoms with Crippen molar-refractivity contribution in [2.24, 2.45) is 5.92 Å². The minimum absolute atomic E-state index is 0.112. The zero-order valence-corrected chi connectivity index (χ0v) is 13.2. The molecule has 3 rings (SSSR count). The topological polar surface area (TPSA) is 58.6 Å². The van der Waals surface area contributed by atoms with Crippen molar-refractivity contribution in [2.75, 3.05) is 6.54 Å². The Morgan fingerprint density at radius 2 is 2.25 bits per heavy atom. The summed E-state index contributed by atoms with van der Waals surface area (Å²) in [6.45, 7) is 4.69. The van der Waals surface area contributed by atoms with Gasteiger partial charge in [0.1, 0.15) is 11.4 Å². The highest BCUT2D eigenvalue weighted by Gasteiger charge is 2.34. The van der Waals surface area contributed by atoms with Gasteiger partial charge in [-0.3, -0.25) is 4.79 Å². The van der Waals surface area contributed by atoms with Crippen LogP contribution >= 0.6 is 15.9 Å². The van der Waals surface area contributed by atoms with E-state index in [-0.39, 0.29) is 17.6 Å². The lowest BCUT2D eigenvalue weighted by Crippen LogP contribution is -2.24. The molecule has 2 aliphatic rings. The second kappa shape index (κ2) is 4.74. The van der Waals surface area contributed by atoms with Gasteiger partial charge in [-0.1, -0.05) is 6.07 Å². The Kier molecular flexibility index (Phi) is 3.29. The summed E-state index contributed by atoms with van der Waals surface area (Å²) in [6.07, 6.45) is 1.52. The monoisotopic (exact) mass is 339 g/mol. The molecule has 0 spiro atoms. The first-order valence-electron chi connectivity index (χ1n) is 6.83. The Balaban J connectivity index is 1.87. The van der Waals surface area contributed by atoms with E-state index in [4.69, 9.17) is 9.84 Å². The first kappa shape index (κ1) is 13.9. The molecule has 0 aromatic heterocycles. The lowest BCUT2D eigenvalue weighted by atomic mass is 9.95. The first-order valence-corrected chi connectivity index (χ1v) is 7.62. The van der Waals surface area contributed by atoms with Crippen molar-refractivity contribution >= 4 is 21.9 Å². The predicted molar refractivity (Wildman–Crippen MR) is 79.0 cm³/mol. The number of nitrogens with one attached hydrogen (secondary N) is 1. The minimum Gasteiger partial charge on any atom is -0.486 e. The number of hydrogen-bond acceptors (Lipinski definition) is 3. The van der Waals surface area contributed by atoms with Gasteiger partial charge < -0.3 is 15.2 Å². The molecule has 20 heavy (non-hydrogen) atoms. The molecule has 1 aromatic carbocycles. The van der Waals surface area contributed by atoms with Crippen LogP contribution in [0.2, 0.25) is 0 Å². The first-order chi connectivity index (χ1) is 9.35. The number of benzene rings is 1. The summed E-state index contributed by atoms with van der Waals surface area (Å²) in [7, 11) is 0. The van der Waals surface area contributed by atoms with Gasteiger partial charge in [0.15, 0.2) is 0 Å². The van der Waals surface area contributed by atoms with E-state index in [9.17, 15) is 4.79 Å². The molecule has 2 unspecified atom stereocenters. The second-order valence-corrected chi connectivity index (χ2v) is 7.12. The maximum atomic E-state index is 11.0. The van der Waals surface area contributed by atoms with Gasteiger partial charge in [-0.25, -0.2) is 0 Å². The van der Waals surface area contributed by atoms with Crippen LogP contribution < -0.4 is 10.1 Å². The minimum atomic E-state index is -0.718. The Morgan fingerprint density at radius 1 is 1.50 bits per heavy atom. The molecular formula is C15H18BrNO3. The molecule has 1 saturated heterocycles. The molecular weight excluding hydrogens is 322 g/mol. The summed E-state index contributed by atoms with van der Waals surface area (Å²) in [5, 5.41) is 12.4. The van der Waals surface area contributed by atoms with Crippen molar-refractivity contribution < 1.29 is 14.6 Å². The number of carbonyl (C=O) groups is 1. The lowest BCUT2D eigenvalue weighted by molar-refractivity contribution is -0.141. The van der Waals surface area contributed by atoms with Crippen molar-refractivity contribution in [2.45, 2.75) is 38.3 Å². The smallest absolute Gasteiger partial charge is 0.307 e. The Bertz CT molecular complexity index is 570. The Hall–Kier alpha value is -1.07. The molecule has 1 fully saturated rings. The molecule has 2 atom stereocenters. The molecule has 0 saturated carbocycles. The van der Waals surface area contributed by atoms with Gasteiger partial charge in [0.25, 0.3) is 0 Å². The predicted octanol–water partition coefficient (Wildman–Crippen LogP) is 2.90. The highest BCUT2D eigenvalue weighted by atomic mass is 79.9. The molecule has 108 valence electrons. The molecule has 2 N–H and O–H groups in total. The summed E-state index contributed by atoms with van der Waals surface area (Å²) in [5.74, 6) is -0.0871. The van der Waals surface area contributed by atoms with Crippen LogP contribution in [0.3, 0.4) is 0 Å². The van der Waals surface area contributed by atoms with Gasteiger partial charge in [-0.05, 0) is 53.4 Å². The van der Waals surface area contributed by atoms with Crippen molar-refractivity contribution in [3.63, 3.8) is 0 Å². The van der Waals surface area contributed by atoms with Gasteiger partial charge in [0.2, 0.25) is 0 Å². The van der Waals surface area contributed by atoms with Crippen molar-refractivity contribution in [1.29, 1.82) is 0 Å². The van der Waals surface area contributed by atoms with Gasteiger partial charge in [-0.2, -0.15) is 0 Å². The lowest BCUT2D eigenvalue weighted by Gasteiger charge is -2.17. The van der Waals surface area contributed by atoms with E-state index in [0.717, 1.165) is 22.2 Å². The fraction of sp³-hybridized carbons (Fsp3) is 0.533. The largest absolute Gasteiger partial charge is 0.486 e. The van der Waals surface area contributed by atoms with Gasteiger partial charge in [-0.15, -0.1) is 0 Å². The fourth-order valence-electron chi connectivity index (χ4n) is 3.07. The molecule has 4 nitrogen and oxygen atoms in total. The normalized spacial score (nSPS) is 27.1. The molecule has 0 aliphatic carbocycles. The van der Waals surface area contributed by atoms with E-state index >= 15 is 0 Å². The molecule has 0 radical (unpaired) electrons. The number of fused-ring (bicyclic) bond motifs is 1. The van der Waals surface area contributed by atoms with E-state index in [2.05, 4.69) is 41.2 Å². The quantitative estimate of drug-likeness (QED) is 0.869. The van der Waals surface area contributed by atoms with Crippen molar-refractivity contribution in [3.8, 4) is 5.75 Å². The summed E-state index contributed by atoms with van der Waals surface area (Å²) in [5.41, 5.74) is 2.16. The third kappa shape index (κ3) is 2.44. The van der Waals surface area contributed by atoms with Crippen LogP contribution in [0.4, 0.5) is 0 Å². The number of carboxylic acid groups (broad SMARTS) is 1. The number of aliphatic carboxylic acids is 1. The van der Waals surface area contributed by atoms with Crippen LogP contribution in [0.5, 0.6) is 5.75 Å². The van der Waals surface area contributed by atoms with Gasteiger partial charge >= 0.3 is 5.97 Å². The van der Waals surface area contributed by atoms with Crippen LogP contribution in [0.15, 0.2) is 16.6 Å². The molecule has 2 aliphatic heterocycles. The average molecular weight is 340 g/mol. The highest BCUT2D eigenvalue weighted by molar-refractivity contribution is 9.10. The van der Waals surface area contributed by atoms with Crippen molar-refractivity contribution in [1.82, 2.24) is 5.32 Å². The van der Waals surface area contributed by atoms with E-state index in [1.54, 1.807) is 0 Å². The summed E-state index contributed by atoms with van der Waals surface area (Å²) < 4.78 is 6.90. The number of halogens is 1. The van der Waals surface area contributed by atoms with Crippen LogP contribution in [-0.4, -0.2) is 23.2 Å². The molecule has 0 amide bonds. The molecule has 2 heterocycles. The highest BCUT2D eigenvalue weighted by Crippen LogP contribution is 2.43. The molecule has 0 bridgehead atoms. The summed E-state index contributed by atoms with van der Waals surface area (Å²) in [6, 6.07) is 4.31. The average Bonchev–Trinajstić information content (AvgIpc) is 2.92. The summed E-state index contributed by atoms with van der Waals surface area (Å²) >= 11 is 3.57. The van der Waals surface area contributed by atoms with Gasteiger partial charge in [0, 0.05) is 19.0 Å². The Labute approximate surface area is 126 Å². The molecule has 5 heteroatoms. The van der Waals surface area contributed by atoms with E-state index in [1.807, 2.05) is 6.07 Å². The van der Waals surface area contributed by atoms with E-state index in [1.165, 1.54) is 5.56 Å². The van der Waals surface area contributed by atoms with Crippen LogP contribution in [0, 0.1) is 5.92 Å². The maximum Gasteiger partial charge on any atom is 0.307 e. The number of carboxylic acids is 1. The van der Waals surface area contributed by atoms with Crippen molar-refractivity contribution in [3.05, 3.63) is 27.7 Å². The SMILES string of the molecule is CC1(C)Cc2cc(C3CC(C(=O)O)CN3)cc(Br)c2O1. The standard InChI is InChI=1S/C15H18BrNO3/c1-15(2)6-9-3-8(4-11(16)13(9)20-15)12-5-10(7-17-12)14(18)19/h3-4,10,12,17H,5-7H2,1-2H3,(H,18,19). The third-order valence-electron chi connectivity index (χ3n) is 4.02. The fourth-order valence-corrected chi connectivity index (χ4v) is 3.67. The van der Waals surface area contributed by atoms with Crippen LogP contribution in [0.1, 0.15) is 37.4 Å². The van der Waals surface area contributed by atoms with Crippen LogP contribution in [-0.2, 0) is 11.2 Å². The number of rotatable bonds is 2. The zero-order valence-electron chi connectivity index (χ0n) is 11.6. The van der Waals surface area contributed by atoms with E-state index in [0.29, 0.717) is 13.0 Å². The molecule has 1 aromatic rings. The number of ether oxygens (including phenoxy) is 1. The summed E-state index contributed by atoms with van der Waals surface area (Å²) in [4.78, 5) is 11.0.